The fourth-order valence-electron chi connectivity index (χ4n) is 3.93. The van der Waals surface area contributed by atoms with Crippen molar-refractivity contribution in [1.82, 2.24) is 9.80 Å². The Morgan fingerprint density at radius 1 is 1.11 bits per heavy atom. The van der Waals surface area contributed by atoms with Crippen LogP contribution >= 0.6 is 0 Å². The number of hydrogen-bond donors (Lipinski definition) is 0. The molecule has 2 atom stereocenters. The van der Waals surface area contributed by atoms with Gasteiger partial charge in [-0.3, -0.25) is 9.59 Å². The van der Waals surface area contributed by atoms with Crippen LogP contribution in [0.4, 0.5) is 0 Å². The number of hydrogen-bond acceptors (Lipinski definition) is 3. The second-order valence-corrected chi connectivity index (χ2v) is 6.38. The monoisotopic (exact) mass is 264 g/mol. The predicted octanol–water partition coefficient (Wildman–Crippen LogP) is 1.30. The van der Waals surface area contributed by atoms with E-state index >= 15 is 0 Å². The molecule has 1 saturated carbocycles. The number of nitrogens with zero attached hydrogens (tertiary/aromatic N) is 2. The summed E-state index contributed by atoms with van der Waals surface area (Å²) in [4.78, 5) is 27.6. The van der Waals surface area contributed by atoms with Gasteiger partial charge in [-0.25, -0.2) is 0 Å². The molecule has 4 heteroatoms. The van der Waals surface area contributed by atoms with E-state index in [1.165, 1.54) is 32.4 Å². The van der Waals surface area contributed by atoms with Gasteiger partial charge in [0.25, 0.3) is 0 Å². The molecule has 2 heterocycles. The highest BCUT2D eigenvalue weighted by atomic mass is 16.2. The molecule has 0 aromatic carbocycles. The summed E-state index contributed by atoms with van der Waals surface area (Å²) in [7, 11) is 0. The number of carbonyl (C=O) groups excluding carboxylic acids is 2. The van der Waals surface area contributed by atoms with Gasteiger partial charge < -0.3 is 9.80 Å². The van der Waals surface area contributed by atoms with E-state index in [-0.39, 0.29) is 5.91 Å². The second kappa shape index (κ2) is 5.61. The third-order valence-corrected chi connectivity index (χ3v) is 5.12. The molecule has 106 valence electrons. The van der Waals surface area contributed by atoms with Crippen LogP contribution in [0.2, 0.25) is 0 Å². The van der Waals surface area contributed by atoms with Crippen LogP contribution in [0.5, 0.6) is 0 Å². The molecule has 1 amide bonds. The molecule has 1 aliphatic carbocycles. The molecule has 0 N–H and O–H groups in total. The van der Waals surface area contributed by atoms with Crippen molar-refractivity contribution in [1.29, 1.82) is 0 Å². The maximum absolute atomic E-state index is 12.1. The molecular formula is C15H24N2O2. The number of piperidine rings is 1. The van der Waals surface area contributed by atoms with Crippen LogP contribution in [0, 0.1) is 11.8 Å². The summed E-state index contributed by atoms with van der Waals surface area (Å²) in [6, 6.07) is 0. The van der Waals surface area contributed by atoms with Gasteiger partial charge in [0.2, 0.25) is 5.91 Å². The summed E-state index contributed by atoms with van der Waals surface area (Å²) in [6.07, 6.45) is 5.93. The van der Waals surface area contributed by atoms with Gasteiger partial charge >= 0.3 is 0 Å². The van der Waals surface area contributed by atoms with Crippen LogP contribution < -0.4 is 0 Å². The molecule has 4 nitrogen and oxygen atoms in total. The number of amides is 1. The summed E-state index contributed by atoms with van der Waals surface area (Å²) in [6.45, 7) is 4.61. The molecule has 3 rings (SSSR count). The van der Waals surface area contributed by atoms with Crippen molar-refractivity contribution in [2.45, 2.75) is 38.5 Å². The highest BCUT2D eigenvalue weighted by Gasteiger charge is 2.35. The Kier molecular flexibility index (Phi) is 3.87. The lowest BCUT2D eigenvalue weighted by atomic mass is 10.0. The third kappa shape index (κ3) is 2.99. The van der Waals surface area contributed by atoms with Crippen LogP contribution in [0.3, 0.4) is 0 Å². The molecule has 3 fully saturated rings. The minimum atomic E-state index is 0.240. The van der Waals surface area contributed by atoms with Gasteiger partial charge in [-0.1, -0.05) is 6.42 Å². The Balaban J connectivity index is 1.40. The van der Waals surface area contributed by atoms with E-state index in [1.54, 1.807) is 0 Å². The Hall–Kier alpha value is -0.900. The molecule has 0 radical (unpaired) electrons. The van der Waals surface area contributed by atoms with Crippen molar-refractivity contribution in [2.75, 3.05) is 32.7 Å². The molecule has 0 spiro atoms. The van der Waals surface area contributed by atoms with E-state index in [1.807, 2.05) is 4.90 Å². The molecule has 3 aliphatic rings. The quantitative estimate of drug-likeness (QED) is 0.771. The molecule has 0 aromatic heterocycles. The van der Waals surface area contributed by atoms with Gasteiger partial charge in [0.15, 0.2) is 0 Å². The van der Waals surface area contributed by atoms with Gasteiger partial charge in [-0.2, -0.15) is 0 Å². The zero-order valence-electron chi connectivity index (χ0n) is 11.6. The van der Waals surface area contributed by atoms with Gasteiger partial charge in [0.1, 0.15) is 5.78 Å². The Labute approximate surface area is 115 Å². The largest absolute Gasteiger partial charge is 0.342 e. The summed E-state index contributed by atoms with van der Waals surface area (Å²) in [5.74, 6) is 2.35. The first-order valence-electron chi connectivity index (χ1n) is 7.74. The van der Waals surface area contributed by atoms with Crippen LogP contribution in [0.1, 0.15) is 38.5 Å². The zero-order valence-corrected chi connectivity index (χ0v) is 11.6. The van der Waals surface area contributed by atoms with Crippen molar-refractivity contribution in [3.8, 4) is 0 Å². The van der Waals surface area contributed by atoms with Crippen LogP contribution in [-0.2, 0) is 9.59 Å². The number of likely N-dealkylation sites (tertiary alicyclic amines) is 2. The smallest absolute Gasteiger partial charge is 0.223 e. The molecule has 19 heavy (non-hydrogen) atoms. The first kappa shape index (κ1) is 13.1. The van der Waals surface area contributed by atoms with Crippen molar-refractivity contribution < 1.29 is 9.59 Å². The van der Waals surface area contributed by atoms with Crippen molar-refractivity contribution in [2.24, 2.45) is 11.8 Å². The maximum atomic E-state index is 12.1. The van der Waals surface area contributed by atoms with Gasteiger partial charge in [-0.15, -0.1) is 0 Å². The van der Waals surface area contributed by atoms with E-state index < -0.39 is 0 Å². The number of ketones is 1. The first-order valence-corrected chi connectivity index (χ1v) is 7.74. The number of rotatable bonds is 3. The van der Waals surface area contributed by atoms with E-state index in [0.717, 1.165) is 18.4 Å². The van der Waals surface area contributed by atoms with Gasteiger partial charge in [0.05, 0.1) is 0 Å². The molecular weight excluding hydrogens is 240 g/mol. The summed E-state index contributed by atoms with van der Waals surface area (Å²) in [5, 5.41) is 0. The van der Waals surface area contributed by atoms with Crippen LogP contribution in [0.25, 0.3) is 0 Å². The lowest BCUT2D eigenvalue weighted by Gasteiger charge is -2.27. The second-order valence-electron chi connectivity index (χ2n) is 6.38. The number of fused-ring (bicyclic) bond motifs is 1. The lowest BCUT2D eigenvalue weighted by Crippen LogP contribution is -2.40. The molecule has 2 saturated heterocycles. The maximum Gasteiger partial charge on any atom is 0.223 e. The Morgan fingerprint density at radius 3 is 2.37 bits per heavy atom. The number of Topliss-reactive ketones (excluding diaryl/α,β-unsaturated/α-hetero) is 1. The average molecular weight is 264 g/mol. The minimum absolute atomic E-state index is 0.240. The van der Waals surface area contributed by atoms with Crippen molar-refractivity contribution in [3.05, 3.63) is 0 Å². The topological polar surface area (TPSA) is 40.6 Å². The molecule has 2 aliphatic heterocycles. The normalized spacial score (nSPS) is 31.8. The average Bonchev–Trinajstić information content (AvgIpc) is 2.97. The fraction of sp³-hybridized carbons (Fsp3) is 0.867. The highest BCUT2D eigenvalue weighted by molar-refractivity contribution is 5.83. The summed E-state index contributed by atoms with van der Waals surface area (Å²) in [5.41, 5.74) is 0. The molecule has 0 bridgehead atoms. The predicted molar refractivity (Wildman–Crippen MR) is 72.7 cm³/mol. The fourth-order valence-corrected chi connectivity index (χ4v) is 3.93. The van der Waals surface area contributed by atoms with E-state index in [0.29, 0.717) is 38.1 Å². The van der Waals surface area contributed by atoms with Crippen molar-refractivity contribution >= 4 is 11.7 Å². The van der Waals surface area contributed by atoms with Gasteiger partial charge in [0, 0.05) is 52.0 Å². The zero-order chi connectivity index (χ0) is 13.2. The van der Waals surface area contributed by atoms with Gasteiger partial charge in [-0.05, 0) is 24.7 Å². The molecule has 0 aromatic rings. The van der Waals surface area contributed by atoms with E-state index in [4.69, 9.17) is 0 Å². The standard InChI is InChI=1S/C15H24N2O2/c18-14-4-8-17(9-5-14)15(19)6-7-16-10-12-2-1-3-13(12)11-16/h12-13H,1-11H2. The highest BCUT2D eigenvalue weighted by Crippen LogP contribution is 2.37. The Bertz CT molecular complexity index is 347. The third-order valence-electron chi connectivity index (χ3n) is 5.12. The SMILES string of the molecule is O=C1CCN(C(=O)CCN2CC3CCCC3C2)CC1. The van der Waals surface area contributed by atoms with Crippen molar-refractivity contribution in [3.63, 3.8) is 0 Å². The Morgan fingerprint density at radius 2 is 1.74 bits per heavy atom. The van der Waals surface area contributed by atoms with Crippen LogP contribution in [0.15, 0.2) is 0 Å². The summed E-state index contributed by atoms with van der Waals surface area (Å²) >= 11 is 0. The molecule has 2 unspecified atom stereocenters. The van der Waals surface area contributed by atoms with E-state index in [9.17, 15) is 9.59 Å². The van der Waals surface area contributed by atoms with Crippen LogP contribution in [-0.4, -0.2) is 54.2 Å². The summed E-state index contributed by atoms with van der Waals surface area (Å²) < 4.78 is 0. The van der Waals surface area contributed by atoms with E-state index in [2.05, 4.69) is 4.90 Å². The minimum Gasteiger partial charge on any atom is -0.342 e. The first-order chi connectivity index (χ1) is 9.22. The number of carbonyl (C=O) groups is 2. The lowest BCUT2D eigenvalue weighted by molar-refractivity contribution is -0.134.